The van der Waals surface area contributed by atoms with E-state index < -0.39 is 5.97 Å². The standard InChI is InChI=1S/C36H70O12/c1-2-3-4-5-6-7-8-9-10-11-12-13-14-15-16-39-17-18-40-19-20-41-21-22-42-23-24-43-25-26-44-27-28-45-29-30-46-31-32-47-33-34-48-35-36(37)38/h9-10H,2-8,11-35H2,1H3,(H,37,38)/b10-9-. The summed E-state index contributed by atoms with van der Waals surface area (Å²) in [7, 11) is 0. The molecule has 0 fully saturated rings. The predicted molar refractivity (Wildman–Crippen MR) is 186 cm³/mol. The lowest BCUT2D eigenvalue weighted by molar-refractivity contribution is -0.142. The lowest BCUT2D eigenvalue weighted by Crippen LogP contribution is -2.15. The molecular weight excluding hydrogens is 624 g/mol. The second-order valence-corrected chi connectivity index (χ2v) is 11.2. The first-order valence-corrected chi connectivity index (χ1v) is 18.4. The molecule has 0 amide bonds. The second kappa shape index (κ2) is 43.8. The maximum absolute atomic E-state index is 10.3. The minimum Gasteiger partial charge on any atom is -0.480 e. The molecular formula is C36H70O12. The highest BCUT2D eigenvalue weighted by atomic mass is 16.6. The van der Waals surface area contributed by atoms with Gasteiger partial charge < -0.3 is 52.5 Å². The highest BCUT2D eigenvalue weighted by molar-refractivity contribution is 5.67. The van der Waals surface area contributed by atoms with Gasteiger partial charge in [-0.3, -0.25) is 0 Å². The van der Waals surface area contributed by atoms with Crippen molar-refractivity contribution in [3.8, 4) is 0 Å². The van der Waals surface area contributed by atoms with Crippen LogP contribution in [-0.4, -0.2) is 143 Å². The van der Waals surface area contributed by atoms with E-state index in [1.165, 1.54) is 70.6 Å². The third kappa shape index (κ3) is 44.8. The number of ether oxygens (including phenoxy) is 10. The average Bonchev–Trinajstić information content (AvgIpc) is 3.08. The van der Waals surface area contributed by atoms with Crippen molar-refractivity contribution < 1.29 is 57.3 Å². The summed E-state index contributed by atoms with van der Waals surface area (Å²) >= 11 is 0. The molecule has 286 valence electrons. The third-order valence-electron chi connectivity index (χ3n) is 6.87. The Labute approximate surface area is 291 Å². The highest BCUT2D eigenvalue weighted by Gasteiger charge is 1.98. The molecule has 0 aromatic heterocycles. The first-order valence-electron chi connectivity index (χ1n) is 18.4. The van der Waals surface area contributed by atoms with Crippen molar-refractivity contribution in [1.29, 1.82) is 0 Å². The average molecular weight is 695 g/mol. The number of hydrogen-bond acceptors (Lipinski definition) is 11. The fraction of sp³-hybridized carbons (Fsp3) is 0.917. The summed E-state index contributed by atoms with van der Waals surface area (Å²) < 4.78 is 54.1. The Morgan fingerprint density at radius 1 is 0.375 bits per heavy atom. The highest BCUT2D eigenvalue weighted by Crippen LogP contribution is 2.08. The molecule has 0 unspecified atom stereocenters. The Morgan fingerprint density at radius 3 is 0.979 bits per heavy atom. The van der Waals surface area contributed by atoms with Gasteiger partial charge in [0.2, 0.25) is 0 Å². The van der Waals surface area contributed by atoms with Gasteiger partial charge in [0.25, 0.3) is 0 Å². The van der Waals surface area contributed by atoms with Crippen LogP contribution in [0.1, 0.15) is 84.0 Å². The van der Waals surface area contributed by atoms with Crippen molar-refractivity contribution in [2.45, 2.75) is 84.0 Å². The van der Waals surface area contributed by atoms with E-state index in [4.69, 9.17) is 52.5 Å². The number of rotatable bonds is 43. The molecule has 0 atom stereocenters. The molecule has 0 aliphatic rings. The van der Waals surface area contributed by atoms with E-state index in [1.807, 2.05) is 0 Å². The van der Waals surface area contributed by atoms with E-state index in [0.717, 1.165) is 13.0 Å². The van der Waals surface area contributed by atoms with E-state index in [1.54, 1.807) is 0 Å². The minimum absolute atomic E-state index is 0.246. The summed E-state index contributed by atoms with van der Waals surface area (Å²) in [5.41, 5.74) is 0. The maximum Gasteiger partial charge on any atom is 0.329 e. The van der Waals surface area contributed by atoms with Gasteiger partial charge in [-0.05, 0) is 32.1 Å². The molecule has 48 heavy (non-hydrogen) atoms. The molecule has 0 heterocycles. The van der Waals surface area contributed by atoms with Crippen LogP contribution < -0.4 is 0 Å². The molecule has 0 radical (unpaired) electrons. The maximum atomic E-state index is 10.3. The zero-order valence-electron chi connectivity index (χ0n) is 30.2. The van der Waals surface area contributed by atoms with Gasteiger partial charge in [-0.1, -0.05) is 64.0 Å². The van der Waals surface area contributed by atoms with Crippen LogP contribution >= 0.6 is 0 Å². The van der Waals surface area contributed by atoms with Gasteiger partial charge in [-0.25, -0.2) is 4.79 Å². The molecule has 0 spiro atoms. The lowest BCUT2D eigenvalue weighted by Gasteiger charge is -2.09. The number of hydrogen-bond donors (Lipinski definition) is 1. The Bertz CT molecular complexity index is 638. The largest absolute Gasteiger partial charge is 0.480 e. The monoisotopic (exact) mass is 694 g/mol. The number of carboxylic acids is 1. The van der Waals surface area contributed by atoms with Crippen molar-refractivity contribution in [3.63, 3.8) is 0 Å². The number of allylic oxidation sites excluding steroid dienone is 2. The lowest BCUT2D eigenvalue weighted by atomic mass is 10.1. The molecule has 12 nitrogen and oxygen atoms in total. The number of carboxylic acid groups (broad SMARTS) is 1. The van der Waals surface area contributed by atoms with Gasteiger partial charge >= 0.3 is 5.97 Å². The number of carbonyl (C=O) groups is 1. The van der Waals surface area contributed by atoms with Crippen molar-refractivity contribution in [1.82, 2.24) is 0 Å². The molecule has 0 bridgehead atoms. The zero-order valence-corrected chi connectivity index (χ0v) is 30.2. The van der Waals surface area contributed by atoms with E-state index in [9.17, 15) is 4.79 Å². The van der Waals surface area contributed by atoms with E-state index in [-0.39, 0.29) is 13.2 Å². The summed E-state index contributed by atoms with van der Waals surface area (Å²) in [5.74, 6) is -0.991. The van der Waals surface area contributed by atoms with E-state index >= 15 is 0 Å². The van der Waals surface area contributed by atoms with Gasteiger partial charge in [-0.2, -0.15) is 0 Å². The molecule has 0 rings (SSSR count). The number of unbranched alkanes of at least 4 members (excludes halogenated alkanes) is 10. The van der Waals surface area contributed by atoms with Gasteiger partial charge in [0.05, 0.1) is 119 Å². The molecule has 0 aliphatic heterocycles. The Morgan fingerprint density at radius 2 is 0.646 bits per heavy atom. The molecule has 0 saturated heterocycles. The van der Waals surface area contributed by atoms with Crippen LogP contribution in [0.25, 0.3) is 0 Å². The van der Waals surface area contributed by atoms with Crippen LogP contribution in [0.3, 0.4) is 0 Å². The van der Waals surface area contributed by atoms with Crippen molar-refractivity contribution in [2.75, 3.05) is 132 Å². The Kier molecular flexibility index (Phi) is 42.7. The summed E-state index contributed by atoms with van der Waals surface area (Å²) in [6.45, 7) is 11.5. The summed E-state index contributed by atoms with van der Waals surface area (Å²) in [6.07, 6.45) is 20.3. The summed E-state index contributed by atoms with van der Waals surface area (Å²) in [4.78, 5) is 10.3. The first kappa shape index (κ1) is 46.8. The second-order valence-electron chi connectivity index (χ2n) is 11.2. The van der Waals surface area contributed by atoms with Crippen LogP contribution in [-0.2, 0) is 52.2 Å². The van der Waals surface area contributed by atoms with Gasteiger partial charge in [0.1, 0.15) is 6.61 Å². The normalized spacial score (nSPS) is 11.7. The first-order chi connectivity index (χ1) is 23.8. The molecule has 0 aromatic carbocycles. The van der Waals surface area contributed by atoms with Crippen LogP contribution in [0.4, 0.5) is 0 Å². The number of aliphatic carboxylic acids is 1. The summed E-state index contributed by atoms with van der Waals surface area (Å²) in [6, 6.07) is 0. The SMILES string of the molecule is CCCCCCCC/C=C\CCCCCCOCCOCCOCCOCCOCCOCCOCCOCCOCCOCC(=O)O. The minimum atomic E-state index is -0.991. The molecule has 0 saturated carbocycles. The summed E-state index contributed by atoms with van der Waals surface area (Å²) in [5, 5.41) is 8.43. The topological polar surface area (TPSA) is 130 Å². The van der Waals surface area contributed by atoms with Gasteiger partial charge in [0, 0.05) is 6.61 Å². The van der Waals surface area contributed by atoms with E-state index in [0.29, 0.717) is 112 Å². The predicted octanol–water partition coefficient (Wildman–Crippen LogP) is 5.49. The molecule has 12 heteroatoms. The van der Waals surface area contributed by atoms with Crippen LogP contribution in [0, 0.1) is 0 Å². The van der Waals surface area contributed by atoms with Gasteiger partial charge in [-0.15, -0.1) is 0 Å². The van der Waals surface area contributed by atoms with Crippen LogP contribution in [0.5, 0.6) is 0 Å². The molecule has 0 aliphatic carbocycles. The zero-order chi connectivity index (χ0) is 34.7. The van der Waals surface area contributed by atoms with E-state index in [2.05, 4.69) is 19.1 Å². The van der Waals surface area contributed by atoms with Crippen molar-refractivity contribution in [2.24, 2.45) is 0 Å². The van der Waals surface area contributed by atoms with Crippen LogP contribution in [0.2, 0.25) is 0 Å². The Balaban J connectivity index is 3.07. The van der Waals surface area contributed by atoms with Crippen LogP contribution in [0.15, 0.2) is 12.2 Å². The molecule has 0 aromatic rings. The van der Waals surface area contributed by atoms with Crippen molar-refractivity contribution in [3.05, 3.63) is 12.2 Å². The van der Waals surface area contributed by atoms with Gasteiger partial charge in [0.15, 0.2) is 0 Å². The van der Waals surface area contributed by atoms with Crippen molar-refractivity contribution >= 4 is 5.97 Å². The fourth-order valence-electron chi connectivity index (χ4n) is 4.24. The fourth-order valence-corrected chi connectivity index (χ4v) is 4.24. The smallest absolute Gasteiger partial charge is 0.329 e. The quantitative estimate of drug-likeness (QED) is 0.0640. The third-order valence-corrected chi connectivity index (χ3v) is 6.87. The Hall–Kier alpha value is -1.19. The molecule has 1 N–H and O–H groups in total.